The molecule has 0 fully saturated rings. The van der Waals surface area contributed by atoms with Crippen LogP contribution >= 0.6 is 22.7 Å². The highest BCUT2D eigenvalue weighted by Gasteiger charge is 2.44. The first-order valence-electron chi connectivity index (χ1n) is 20.5. The number of hydrogen-bond acceptors (Lipinski definition) is 9. The van der Waals surface area contributed by atoms with Crippen LogP contribution in [0.15, 0.2) is 163 Å². The van der Waals surface area contributed by atoms with Gasteiger partial charge < -0.3 is 28.7 Å². The first-order chi connectivity index (χ1) is 31.5. The van der Waals surface area contributed by atoms with E-state index in [9.17, 15) is 18.0 Å². The summed E-state index contributed by atoms with van der Waals surface area (Å²) in [7, 11) is 6.49. The van der Waals surface area contributed by atoms with Gasteiger partial charge in [-0.3, -0.25) is 4.79 Å². The maximum atomic E-state index is 14.9. The Morgan fingerprint density at radius 1 is 0.446 bits per heavy atom. The highest BCUT2D eigenvalue weighted by atomic mass is 32.1. The van der Waals surface area contributed by atoms with E-state index in [1.165, 1.54) is 22.7 Å². The maximum Gasteiger partial charge on any atom is 0.420 e. The second kappa shape index (κ2) is 17.7. The largest absolute Gasteiger partial charge is 0.497 e. The van der Waals surface area contributed by atoms with E-state index in [0.717, 1.165) is 84.9 Å². The molecule has 7 nitrogen and oxygen atoms in total. The number of nitrogens with zero attached hydrogens (tertiary/aromatic N) is 2. The van der Waals surface area contributed by atoms with Gasteiger partial charge >= 0.3 is 6.18 Å². The lowest BCUT2D eigenvalue weighted by atomic mass is 9.96. The standard InChI is InChI=1S/C53H41F3N2O5S2/c1-32(59)50(53(54,55)56)49-45-30-47(33-6-10-35(11-7-33)57(37-14-22-41(60-2)23-15-37)38-16-24-42(61-3)25-17-38)64-51(45)52-46(49)31-48(65-52)34-8-12-36(13-9-34)58(39-18-26-43(62-4)27-19-39)40-20-28-44(63-5)29-21-40/h6-31H,1-5H3. The fourth-order valence-corrected chi connectivity index (χ4v) is 10.6. The lowest BCUT2D eigenvalue weighted by Gasteiger charge is -2.26. The van der Waals surface area contributed by atoms with Gasteiger partial charge in [-0.05, 0) is 152 Å². The third kappa shape index (κ3) is 8.34. The Labute approximate surface area is 382 Å². The summed E-state index contributed by atoms with van der Waals surface area (Å²) in [5.41, 5.74) is 6.61. The first kappa shape index (κ1) is 43.0. The van der Waals surface area contributed by atoms with Crippen molar-refractivity contribution < 1.29 is 36.9 Å². The average molecular weight is 907 g/mol. The first-order valence-corrected chi connectivity index (χ1v) is 22.1. The molecule has 0 atom stereocenters. The van der Waals surface area contributed by atoms with Gasteiger partial charge in [0.05, 0.1) is 38.2 Å². The number of ketones is 1. The molecule has 0 aliphatic heterocycles. The second-order valence-electron chi connectivity index (χ2n) is 15.1. The topological polar surface area (TPSA) is 60.5 Å². The molecular formula is C53H41F3N2O5S2. The van der Waals surface area contributed by atoms with E-state index in [-0.39, 0.29) is 5.57 Å². The van der Waals surface area contributed by atoms with Crippen molar-refractivity contribution in [2.45, 2.75) is 13.1 Å². The number of ether oxygens (including phenoxy) is 4. The average Bonchev–Trinajstić information content (AvgIpc) is 4.03. The van der Waals surface area contributed by atoms with Gasteiger partial charge in [0.2, 0.25) is 0 Å². The molecule has 12 heteroatoms. The number of fused-ring (bicyclic) bond motifs is 3. The molecule has 0 amide bonds. The van der Waals surface area contributed by atoms with Crippen molar-refractivity contribution in [1.82, 2.24) is 0 Å². The van der Waals surface area contributed by atoms with E-state index < -0.39 is 17.5 Å². The summed E-state index contributed by atoms with van der Waals surface area (Å²) in [6.07, 6.45) is -4.87. The zero-order chi connectivity index (χ0) is 45.4. The quantitative estimate of drug-likeness (QED) is 0.107. The molecule has 2 heterocycles. The van der Waals surface area contributed by atoms with E-state index in [4.69, 9.17) is 18.9 Å². The maximum absolute atomic E-state index is 14.9. The Bertz CT molecular complexity index is 2730. The van der Waals surface area contributed by atoms with Crippen LogP contribution in [0.4, 0.5) is 47.3 Å². The molecular weight excluding hydrogens is 866 g/mol. The summed E-state index contributed by atoms with van der Waals surface area (Å²) < 4.78 is 66.4. The summed E-state index contributed by atoms with van der Waals surface area (Å²) in [5, 5.41) is 0. The van der Waals surface area contributed by atoms with Crippen LogP contribution < -0.4 is 28.7 Å². The molecule has 0 bridgehead atoms. The number of halogens is 3. The molecule has 1 aliphatic carbocycles. The molecule has 0 radical (unpaired) electrons. The van der Waals surface area contributed by atoms with Gasteiger partial charge in [0, 0.05) is 60.6 Å². The normalized spacial score (nSPS) is 11.7. The van der Waals surface area contributed by atoms with E-state index in [0.29, 0.717) is 20.9 Å². The summed E-state index contributed by atoms with van der Waals surface area (Å²) in [5.74, 6) is 1.89. The predicted octanol–water partition coefficient (Wildman–Crippen LogP) is 15.1. The molecule has 2 aromatic heterocycles. The lowest BCUT2D eigenvalue weighted by Crippen LogP contribution is -2.20. The monoisotopic (exact) mass is 906 g/mol. The van der Waals surface area contributed by atoms with E-state index >= 15 is 0 Å². The number of carbonyl (C=O) groups excluding carboxylic acids is 1. The van der Waals surface area contributed by atoms with E-state index in [2.05, 4.69) is 9.80 Å². The highest BCUT2D eigenvalue weighted by Crippen LogP contribution is 2.58. The molecule has 0 unspecified atom stereocenters. The molecule has 0 saturated carbocycles. The van der Waals surface area contributed by atoms with Gasteiger partial charge in [-0.1, -0.05) is 24.3 Å². The SMILES string of the molecule is COc1ccc(N(c2ccc(OC)cc2)c2ccc(-c3cc4c(s3)-c3sc(-c5ccc(N(c6ccc(OC)cc6)c6ccc(OC)cc6)cc5)cc3C4=C(C(C)=O)C(F)(F)F)cc2)cc1. The molecule has 9 rings (SSSR count). The Balaban J connectivity index is 1.09. The third-order valence-electron chi connectivity index (χ3n) is 11.2. The number of rotatable bonds is 13. The fraction of sp³-hybridized carbons (Fsp3) is 0.113. The zero-order valence-corrected chi connectivity index (χ0v) is 37.5. The predicted molar refractivity (Wildman–Crippen MR) is 257 cm³/mol. The Morgan fingerprint density at radius 3 is 0.938 bits per heavy atom. The Hall–Kier alpha value is -7.28. The Morgan fingerprint density at radius 2 is 0.708 bits per heavy atom. The van der Waals surface area contributed by atoms with Gasteiger partial charge in [0.1, 0.15) is 28.6 Å². The van der Waals surface area contributed by atoms with E-state index in [1.54, 1.807) is 40.6 Å². The highest BCUT2D eigenvalue weighted by molar-refractivity contribution is 7.26. The van der Waals surface area contributed by atoms with Gasteiger partial charge in [-0.15, -0.1) is 22.7 Å². The van der Waals surface area contributed by atoms with Crippen molar-refractivity contribution in [3.05, 3.63) is 174 Å². The second-order valence-corrected chi connectivity index (χ2v) is 17.2. The Kier molecular flexibility index (Phi) is 11.7. The summed E-state index contributed by atoms with van der Waals surface area (Å²) in [4.78, 5) is 20.1. The fourth-order valence-electron chi connectivity index (χ4n) is 8.08. The molecule has 326 valence electrons. The number of Topliss-reactive ketones (excluding diaryl/α,β-unsaturated/α-hetero) is 1. The van der Waals surface area contributed by atoms with Crippen molar-refractivity contribution in [2.75, 3.05) is 38.2 Å². The summed E-state index contributed by atoms with van der Waals surface area (Å²) in [6, 6.07) is 50.4. The van der Waals surface area contributed by atoms with Crippen LogP contribution in [0.3, 0.4) is 0 Å². The number of allylic oxidation sites excluding steroid dienone is 1. The molecule has 0 saturated heterocycles. The van der Waals surface area contributed by atoms with Crippen LogP contribution in [-0.2, 0) is 4.79 Å². The number of hydrogen-bond donors (Lipinski definition) is 0. The van der Waals surface area contributed by atoms with Gasteiger partial charge in [-0.25, -0.2) is 0 Å². The number of thiophene rings is 2. The lowest BCUT2D eigenvalue weighted by molar-refractivity contribution is -0.126. The van der Waals surface area contributed by atoms with Crippen molar-refractivity contribution >= 4 is 68.2 Å². The molecule has 65 heavy (non-hydrogen) atoms. The number of methoxy groups -OCH3 is 4. The molecule has 6 aromatic carbocycles. The summed E-state index contributed by atoms with van der Waals surface area (Å²) >= 11 is 2.85. The third-order valence-corrected chi connectivity index (χ3v) is 13.8. The molecule has 8 aromatic rings. The van der Waals surface area contributed by atoms with Crippen LogP contribution in [0.1, 0.15) is 18.1 Å². The van der Waals surface area contributed by atoms with Crippen LogP contribution in [0.2, 0.25) is 0 Å². The van der Waals surface area contributed by atoms with Crippen LogP contribution in [0, 0.1) is 0 Å². The van der Waals surface area contributed by atoms with Crippen molar-refractivity contribution in [1.29, 1.82) is 0 Å². The smallest absolute Gasteiger partial charge is 0.420 e. The minimum atomic E-state index is -4.87. The van der Waals surface area contributed by atoms with Crippen molar-refractivity contribution in [3.63, 3.8) is 0 Å². The molecule has 1 aliphatic rings. The zero-order valence-electron chi connectivity index (χ0n) is 35.9. The molecule has 0 N–H and O–H groups in total. The van der Waals surface area contributed by atoms with Crippen LogP contribution in [-0.4, -0.2) is 40.4 Å². The summed E-state index contributed by atoms with van der Waals surface area (Å²) in [6.45, 7) is 0.986. The van der Waals surface area contributed by atoms with Crippen LogP contribution in [0.25, 0.3) is 36.2 Å². The number of anilines is 6. The minimum absolute atomic E-state index is 0.0800. The molecule has 0 spiro atoms. The van der Waals surface area contributed by atoms with Gasteiger partial charge in [0.15, 0.2) is 5.78 Å². The number of benzene rings is 6. The number of alkyl halides is 3. The van der Waals surface area contributed by atoms with Crippen molar-refractivity contribution in [2.24, 2.45) is 0 Å². The number of carbonyl (C=O) groups is 1. The van der Waals surface area contributed by atoms with Crippen LogP contribution in [0.5, 0.6) is 23.0 Å². The van der Waals surface area contributed by atoms with Gasteiger partial charge in [0.25, 0.3) is 0 Å². The van der Waals surface area contributed by atoms with E-state index in [1.807, 2.05) is 146 Å². The van der Waals surface area contributed by atoms with Crippen molar-refractivity contribution in [3.8, 4) is 53.6 Å². The minimum Gasteiger partial charge on any atom is -0.497 e. The van der Waals surface area contributed by atoms with Gasteiger partial charge in [-0.2, -0.15) is 13.2 Å².